The first-order valence-corrected chi connectivity index (χ1v) is 13.1. The molecule has 6 nitrogen and oxygen atoms in total. The second kappa shape index (κ2) is 12.4. The average molecular weight is 554 g/mol. The lowest BCUT2D eigenvalue weighted by Crippen LogP contribution is -2.57. The van der Waals surface area contributed by atoms with Crippen LogP contribution in [-0.4, -0.2) is 66.1 Å². The summed E-state index contributed by atoms with van der Waals surface area (Å²) in [4.78, 5) is 27.6. The van der Waals surface area contributed by atoms with E-state index in [-0.39, 0.29) is 25.0 Å². The molecule has 0 saturated carbocycles. The van der Waals surface area contributed by atoms with E-state index < -0.39 is 23.2 Å². The molecule has 1 unspecified atom stereocenters. The molecule has 2 N–H and O–H groups in total. The van der Waals surface area contributed by atoms with Crippen LogP contribution in [0.1, 0.15) is 54.9 Å². The molecule has 1 fully saturated rings. The number of anilines is 1. The van der Waals surface area contributed by atoms with Crippen LogP contribution >= 0.6 is 11.6 Å². The number of piperidine rings is 1. The Morgan fingerprint density at radius 2 is 1.76 bits per heavy atom. The minimum absolute atomic E-state index is 0.149. The van der Waals surface area contributed by atoms with Gasteiger partial charge in [-0.1, -0.05) is 54.8 Å². The SMILES string of the molecule is C[C@@H](CCCC1CCN(C(=O)C(O)(c2ccccc2)C(F)(F)F)CC1)Nc1ccc(C(=O)N(C)C)c(Cl)c1. The second-order valence-corrected chi connectivity index (χ2v) is 10.6. The minimum atomic E-state index is -5.13. The Kier molecular flexibility index (Phi) is 9.70. The van der Waals surface area contributed by atoms with Crippen molar-refractivity contribution in [3.05, 3.63) is 64.7 Å². The highest BCUT2D eigenvalue weighted by Crippen LogP contribution is 2.41. The quantitative estimate of drug-likeness (QED) is 0.418. The standard InChI is InChI=1S/C28H35ClF3N3O3/c1-19(33-22-12-13-23(24(29)18-22)25(36)34(2)3)8-7-9-20-14-16-35(17-15-20)26(37)27(38,28(30,31)32)21-10-5-4-6-11-21/h4-6,10-13,18-20,33,38H,7-9,14-17H2,1-3H3/t19-,27?/m0/s1. The van der Waals surface area contributed by atoms with Gasteiger partial charge in [-0.15, -0.1) is 0 Å². The van der Waals surface area contributed by atoms with Crippen molar-refractivity contribution in [2.24, 2.45) is 5.92 Å². The van der Waals surface area contributed by atoms with Crippen LogP contribution in [0.25, 0.3) is 0 Å². The maximum Gasteiger partial charge on any atom is 0.430 e. The van der Waals surface area contributed by atoms with Gasteiger partial charge in [0.2, 0.25) is 0 Å². The van der Waals surface area contributed by atoms with Gasteiger partial charge in [0.1, 0.15) is 0 Å². The minimum Gasteiger partial charge on any atom is -0.383 e. The smallest absolute Gasteiger partial charge is 0.383 e. The van der Waals surface area contributed by atoms with E-state index in [2.05, 4.69) is 12.2 Å². The molecule has 0 aliphatic carbocycles. The van der Waals surface area contributed by atoms with E-state index in [0.717, 1.165) is 42.0 Å². The molecule has 1 aliphatic rings. The zero-order valence-corrected chi connectivity index (χ0v) is 22.6. The summed E-state index contributed by atoms with van der Waals surface area (Å²) in [5, 5.41) is 14.3. The molecule has 1 saturated heterocycles. The molecule has 2 amide bonds. The van der Waals surface area contributed by atoms with E-state index in [1.165, 1.54) is 23.1 Å². The normalized spacial score (nSPS) is 17.0. The molecule has 0 aromatic heterocycles. The highest BCUT2D eigenvalue weighted by atomic mass is 35.5. The third kappa shape index (κ3) is 6.80. The summed E-state index contributed by atoms with van der Waals surface area (Å²) >= 11 is 6.29. The van der Waals surface area contributed by atoms with E-state index in [1.807, 2.05) is 6.07 Å². The number of benzene rings is 2. The molecule has 0 radical (unpaired) electrons. The molecule has 208 valence electrons. The van der Waals surface area contributed by atoms with E-state index >= 15 is 0 Å². The number of hydrogen-bond acceptors (Lipinski definition) is 4. The van der Waals surface area contributed by atoms with Gasteiger partial charge in [0.25, 0.3) is 17.4 Å². The van der Waals surface area contributed by atoms with Crippen molar-refractivity contribution in [3.63, 3.8) is 0 Å². The fraction of sp³-hybridized carbons (Fsp3) is 0.500. The first-order chi connectivity index (χ1) is 17.8. The van der Waals surface area contributed by atoms with Crippen molar-refractivity contribution in [1.82, 2.24) is 9.80 Å². The van der Waals surface area contributed by atoms with Crippen molar-refractivity contribution in [2.75, 3.05) is 32.5 Å². The van der Waals surface area contributed by atoms with Gasteiger partial charge in [-0.3, -0.25) is 9.59 Å². The number of carbonyl (C=O) groups excluding carboxylic acids is 2. The number of halogens is 4. The third-order valence-electron chi connectivity index (χ3n) is 7.08. The summed E-state index contributed by atoms with van der Waals surface area (Å²) in [6, 6.07) is 11.9. The summed E-state index contributed by atoms with van der Waals surface area (Å²) in [5.41, 5.74) is -2.76. The molecule has 0 bridgehead atoms. The lowest BCUT2D eigenvalue weighted by Gasteiger charge is -2.38. The second-order valence-electron chi connectivity index (χ2n) is 10.2. The van der Waals surface area contributed by atoms with Crippen LogP contribution < -0.4 is 5.32 Å². The molecule has 1 heterocycles. The Labute approximate surface area is 226 Å². The van der Waals surface area contributed by atoms with Crippen LogP contribution in [0, 0.1) is 5.92 Å². The van der Waals surface area contributed by atoms with Crippen LogP contribution in [0.15, 0.2) is 48.5 Å². The lowest BCUT2D eigenvalue weighted by molar-refractivity contribution is -0.262. The van der Waals surface area contributed by atoms with Crippen LogP contribution in [0.3, 0.4) is 0 Å². The first kappa shape index (κ1) is 29.8. The van der Waals surface area contributed by atoms with E-state index in [9.17, 15) is 27.9 Å². The van der Waals surface area contributed by atoms with Gasteiger partial charge in [-0.05, 0) is 50.3 Å². The Bertz CT molecular complexity index is 1110. The summed E-state index contributed by atoms with van der Waals surface area (Å²) in [6.07, 6.45) is -1.27. The number of amides is 2. The molecular formula is C28H35ClF3N3O3. The largest absolute Gasteiger partial charge is 0.430 e. The topological polar surface area (TPSA) is 72.9 Å². The Morgan fingerprint density at radius 1 is 1.13 bits per heavy atom. The van der Waals surface area contributed by atoms with Gasteiger partial charge in [0.05, 0.1) is 10.6 Å². The van der Waals surface area contributed by atoms with Crippen molar-refractivity contribution in [1.29, 1.82) is 0 Å². The molecule has 2 atom stereocenters. The maximum atomic E-state index is 13.9. The van der Waals surface area contributed by atoms with Gasteiger partial charge in [-0.2, -0.15) is 13.2 Å². The summed E-state index contributed by atoms with van der Waals surface area (Å²) in [7, 11) is 3.34. The average Bonchev–Trinajstić information content (AvgIpc) is 2.87. The van der Waals surface area contributed by atoms with E-state index in [1.54, 1.807) is 26.2 Å². The number of hydrogen-bond donors (Lipinski definition) is 2. The summed E-state index contributed by atoms with van der Waals surface area (Å²) in [6.45, 7) is 2.41. The van der Waals surface area contributed by atoms with Crippen molar-refractivity contribution >= 4 is 29.1 Å². The molecule has 3 rings (SSSR count). The molecule has 2 aromatic rings. The predicted molar refractivity (Wildman–Crippen MR) is 142 cm³/mol. The number of carbonyl (C=O) groups is 2. The van der Waals surface area contributed by atoms with Gasteiger partial charge in [-0.25, -0.2) is 0 Å². The van der Waals surface area contributed by atoms with Gasteiger partial charge >= 0.3 is 6.18 Å². The van der Waals surface area contributed by atoms with Crippen molar-refractivity contribution in [3.8, 4) is 0 Å². The number of nitrogens with zero attached hydrogens (tertiary/aromatic N) is 2. The Morgan fingerprint density at radius 3 is 2.32 bits per heavy atom. The van der Waals surface area contributed by atoms with Gasteiger partial charge in [0, 0.05) is 44.5 Å². The Balaban J connectivity index is 1.48. The molecule has 38 heavy (non-hydrogen) atoms. The van der Waals surface area contributed by atoms with Crippen LogP contribution in [-0.2, 0) is 10.4 Å². The number of alkyl halides is 3. The fourth-order valence-corrected chi connectivity index (χ4v) is 5.09. The number of aliphatic hydroxyl groups is 1. The molecule has 1 aliphatic heterocycles. The number of nitrogens with one attached hydrogen (secondary N) is 1. The van der Waals surface area contributed by atoms with E-state index in [0.29, 0.717) is 29.3 Å². The molecular weight excluding hydrogens is 519 g/mol. The lowest BCUT2D eigenvalue weighted by atomic mass is 9.87. The summed E-state index contributed by atoms with van der Waals surface area (Å²) in [5.74, 6) is -1.18. The first-order valence-electron chi connectivity index (χ1n) is 12.8. The molecule has 2 aromatic carbocycles. The van der Waals surface area contributed by atoms with Gasteiger partial charge in [0.15, 0.2) is 0 Å². The van der Waals surface area contributed by atoms with Crippen LogP contribution in [0.5, 0.6) is 0 Å². The molecule has 0 spiro atoms. The summed E-state index contributed by atoms with van der Waals surface area (Å²) < 4.78 is 41.6. The highest BCUT2D eigenvalue weighted by Gasteiger charge is 2.62. The molecule has 10 heteroatoms. The predicted octanol–water partition coefficient (Wildman–Crippen LogP) is 5.70. The number of likely N-dealkylation sites (tertiary alicyclic amines) is 1. The van der Waals surface area contributed by atoms with Crippen LogP contribution in [0.4, 0.5) is 18.9 Å². The third-order valence-corrected chi connectivity index (χ3v) is 7.39. The zero-order chi connectivity index (χ0) is 28.1. The highest BCUT2D eigenvalue weighted by molar-refractivity contribution is 6.34. The Hall–Kier alpha value is -2.78. The van der Waals surface area contributed by atoms with Gasteiger partial charge < -0.3 is 20.2 Å². The zero-order valence-electron chi connectivity index (χ0n) is 21.9. The fourth-order valence-electron chi connectivity index (χ4n) is 4.83. The maximum absolute atomic E-state index is 13.9. The van der Waals surface area contributed by atoms with E-state index in [4.69, 9.17) is 11.6 Å². The van der Waals surface area contributed by atoms with Crippen molar-refractivity contribution < 1.29 is 27.9 Å². The van der Waals surface area contributed by atoms with Crippen molar-refractivity contribution in [2.45, 2.75) is 56.8 Å². The number of rotatable bonds is 9. The van der Waals surface area contributed by atoms with Crippen LogP contribution in [0.2, 0.25) is 5.02 Å². The monoisotopic (exact) mass is 553 g/mol.